The van der Waals surface area contributed by atoms with Gasteiger partial charge < -0.3 is 20.0 Å². The Kier molecular flexibility index (Phi) is 6.44. The molecule has 0 bridgehead atoms. The molecule has 0 saturated carbocycles. The number of H-pyrrole nitrogens is 1. The molecule has 1 fully saturated rings. The maximum absolute atomic E-state index is 5.30. The predicted molar refractivity (Wildman–Crippen MR) is 97.2 cm³/mol. The summed E-state index contributed by atoms with van der Waals surface area (Å²) in [6, 6.07) is 3.65. The lowest BCUT2D eigenvalue weighted by atomic mass is 10.1. The lowest BCUT2D eigenvalue weighted by molar-refractivity contribution is 0.232. The largest absolute Gasteiger partial charge is 0.461 e. The van der Waals surface area contributed by atoms with Crippen LogP contribution in [0, 0.1) is 0 Å². The van der Waals surface area contributed by atoms with Gasteiger partial charge in [0.05, 0.1) is 6.26 Å². The number of hydrogen-bond donors (Lipinski definition) is 3. The molecule has 3 rings (SSSR count). The van der Waals surface area contributed by atoms with Crippen molar-refractivity contribution in [3.63, 3.8) is 0 Å². The first kappa shape index (κ1) is 17.5. The van der Waals surface area contributed by atoms with Crippen molar-refractivity contribution in [3.05, 3.63) is 24.2 Å². The van der Waals surface area contributed by atoms with Crippen molar-refractivity contribution in [2.75, 3.05) is 32.7 Å². The van der Waals surface area contributed by atoms with Gasteiger partial charge in [0.2, 0.25) is 5.82 Å². The third kappa shape index (κ3) is 5.32. The highest BCUT2D eigenvalue weighted by Crippen LogP contribution is 2.14. The van der Waals surface area contributed by atoms with Gasteiger partial charge in [-0.3, -0.25) is 5.10 Å². The Morgan fingerprint density at radius 2 is 2.20 bits per heavy atom. The van der Waals surface area contributed by atoms with Gasteiger partial charge in [0.1, 0.15) is 12.4 Å². The molecule has 1 aliphatic heterocycles. The number of aromatic amines is 1. The first-order valence-corrected chi connectivity index (χ1v) is 9.05. The van der Waals surface area contributed by atoms with E-state index in [9.17, 15) is 0 Å². The monoisotopic (exact) mass is 345 g/mol. The van der Waals surface area contributed by atoms with Crippen LogP contribution in [0.3, 0.4) is 0 Å². The number of guanidine groups is 1. The SMILES string of the molecule is CCNC(=NCc1nc(-c2ccco2)n[nH]1)NCCN1CCCCC1. The molecule has 8 heteroatoms. The first-order valence-electron chi connectivity index (χ1n) is 9.05. The molecule has 2 aromatic rings. The number of hydrogen-bond acceptors (Lipinski definition) is 5. The van der Waals surface area contributed by atoms with E-state index >= 15 is 0 Å². The zero-order chi connectivity index (χ0) is 17.3. The molecule has 0 radical (unpaired) electrons. The van der Waals surface area contributed by atoms with Crippen molar-refractivity contribution in [3.8, 4) is 11.6 Å². The molecule has 0 aliphatic carbocycles. The summed E-state index contributed by atoms with van der Waals surface area (Å²) in [4.78, 5) is 11.5. The van der Waals surface area contributed by atoms with Gasteiger partial charge in [-0.1, -0.05) is 6.42 Å². The van der Waals surface area contributed by atoms with Gasteiger partial charge in [-0.2, -0.15) is 0 Å². The molecule has 0 atom stereocenters. The van der Waals surface area contributed by atoms with Crippen LogP contribution in [0.1, 0.15) is 32.0 Å². The highest BCUT2D eigenvalue weighted by molar-refractivity contribution is 5.79. The topological polar surface area (TPSA) is 94.4 Å². The second-order valence-electron chi connectivity index (χ2n) is 6.11. The Balaban J connectivity index is 1.49. The highest BCUT2D eigenvalue weighted by Gasteiger charge is 2.10. The van der Waals surface area contributed by atoms with Crippen molar-refractivity contribution in [1.29, 1.82) is 0 Å². The molecule has 1 saturated heterocycles. The van der Waals surface area contributed by atoms with E-state index in [1.165, 1.54) is 32.4 Å². The molecule has 3 heterocycles. The van der Waals surface area contributed by atoms with Crippen LogP contribution in [0.2, 0.25) is 0 Å². The van der Waals surface area contributed by atoms with Gasteiger partial charge in [0.15, 0.2) is 11.7 Å². The Morgan fingerprint density at radius 1 is 1.32 bits per heavy atom. The minimum Gasteiger partial charge on any atom is -0.461 e. The maximum atomic E-state index is 5.30. The fourth-order valence-electron chi connectivity index (χ4n) is 2.89. The molecule has 0 spiro atoms. The molecule has 8 nitrogen and oxygen atoms in total. The quantitative estimate of drug-likeness (QED) is 0.521. The molecule has 0 aromatic carbocycles. The summed E-state index contributed by atoms with van der Waals surface area (Å²) >= 11 is 0. The fourth-order valence-corrected chi connectivity index (χ4v) is 2.89. The number of piperidine rings is 1. The number of furan rings is 1. The Bertz CT molecular complexity index is 644. The standard InChI is InChI=1S/C17H27N7O/c1-2-18-17(19-8-11-24-9-4-3-5-10-24)20-13-15-21-16(23-22-15)14-7-6-12-25-14/h6-7,12H,2-5,8-11,13H2,1H3,(H2,18,19,20)(H,21,22,23). The zero-order valence-electron chi connectivity index (χ0n) is 14.8. The number of aliphatic imine (C=N–C) groups is 1. The maximum Gasteiger partial charge on any atom is 0.216 e. The van der Waals surface area contributed by atoms with E-state index in [1.54, 1.807) is 6.26 Å². The second kappa shape index (κ2) is 9.22. The zero-order valence-corrected chi connectivity index (χ0v) is 14.8. The number of likely N-dealkylation sites (tertiary alicyclic amines) is 1. The minimum atomic E-state index is 0.437. The molecule has 3 N–H and O–H groups in total. The van der Waals surface area contributed by atoms with Gasteiger partial charge in [0.25, 0.3) is 0 Å². The summed E-state index contributed by atoms with van der Waals surface area (Å²) < 4.78 is 5.30. The number of nitrogens with zero attached hydrogens (tertiary/aromatic N) is 4. The summed E-state index contributed by atoms with van der Waals surface area (Å²) in [5.74, 6) is 2.71. The van der Waals surface area contributed by atoms with Crippen LogP contribution >= 0.6 is 0 Å². The van der Waals surface area contributed by atoms with Gasteiger partial charge in [0, 0.05) is 19.6 Å². The average Bonchev–Trinajstić information content (AvgIpc) is 3.32. The fraction of sp³-hybridized carbons (Fsp3) is 0.588. The van der Waals surface area contributed by atoms with E-state index in [4.69, 9.17) is 4.42 Å². The van der Waals surface area contributed by atoms with Crippen LogP contribution in [0.5, 0.6) is 0 Å². The number of nitrogens with one attached hydrogen (secondary N) is 3. The first-order chi connectivity index (χ1) is 12.3. The van der Waals surface area contributed by atoms with Gasteiger partial charge >= 0.3 is 0 Å². The molecule has 2 aromatic heterocycles. The summed E-state index contributed by atoms with van der Waals surface area (Å²) in [5.41, 5.74) is 0. The summed E-state index contributed by atoms with van der Waals surface area (Å²) in [7, 11) is 0. The van der Waals surface area contributed by atoms with E-state index in [0.717, 1.165) is 25.6 Å². The third-order valence-corrected chi connectivity index (χ3v) is 4.17. The molecule has 0 unspecified atom stereocenters. The van der Waals surface area contributed by atoms with Crippen molar-refractivity contribution >= 4 is 5.96 Å². The van der Waals surface area contributed by atoms with Crippen LogP contribution in [0.25, 0.3) is 11.6 Å². The Labute approximate surface area is 148 Å². The molecule has 25 heavy (non-hydrogen) atoms. The predicted octanol–water partition coefficient (Wildman–Crippen LogP) is 1.61. The molecule has 136 valence electrons. The van der Waals surface area contributed by atoms with Crippen molar-refractivity contribution < 1.29 is 4.42 Å². The minimum absolute atomic E-state index is 0.437. The number of rotatable bonds is 7. The summed E-state index contributed by atoms with van der Waals surface area (Å²) in [5, 5.41) is 13.7. The van der Waals surface area contributed by atoms with E-state index in [0.29, 0.717) is 24.0 Å². The Morgan fingerprint density at radius 3 is 2.96 bits per heavy atom. The smallest absolute Gasteiger partial charge is 0.216 e. The van der Waals surface area contributed by atoms with E-state index in [1.807, 2.05) is 12.1 Å². The molecule has 1 aliphatic rings. The lowest BCUT2D eigenvalue weighted by Gasteiger charge is -2.26. The summed E-state index contributed by atoms with van der Waals surface area (Å²) in [6.07, 6.45) is 5.61. The van der Waals surface area contributed by atoms with Crippen LogP contribution in [0.4, 0.5) is 0 Å². The van der Waals surface area contributed by atoms with E-state index in [2.05, 4.69) is 42.6 Å². The van der Waals surface area contributed by atoms with Gasteiger partial charge in [-0.25, -0.2) is 9.98 Å². The molecular formula is C17H27N7O. The Hall–Kier alpha value is -2.35. The third-order valence-electron chi connectivity index (χ3n) is 4.17. The highest BCUT2D eigenvalue weighted by atomic mass is 16.3. The lowest BCUT2D eigenvalue weighted by Crippen LogP contribution is -2.42. The van der Waals surface area contributed by atoms with Crippen LogP contribution in [-0.2, 0) is 6.54 Å². The van der Waals surface area contributed by atoms with Crippen molar-refractivity contribution in [2.24, 2.45) is 4.99 Å². The molecule has 0 amide bonds. The summed E-state index contributed by atoms with van der Waals surface area (Å²) in [6.45, 7) is 7.68. The van der Waals surface area contributed by atoms with Gasteiger partial charge in [-0.15, -0.1) is 5.10 Å². The van der Waals surface area contributed by atoms with Crippen LogP contribution in [-0.4, -0.2) is 58.8 Å². The van der Waals surface area contributed by atoms with E-state index < -0.39 is 0 Å². The van der Waals surface area contributed by atoms with Crippen molar-refractivity contribution in [1.82, 2.24) is 30.7 Å². The average molecular weight is 345 g/mol. The van der Waals surface area contributed by atoms with Gasteiger partial charge in [-0.05, 0) is 45.0 Å². The van der Waals surface area contributed by atoms with Crippen molar-refractivity contribution in [2.45, 2.75) is 32.7 Å². The molecular weight excluding hydrogens is 318 g/mol. The second-order valence-corrected chi connectivity index (χ2v) is 6.11. The number of aromatic nitrogens is 3. The normalized spacial score (nSPS) is 16.1. The van der Waals surface area contributed by atoms with E-state index in [-0.39, 0.29) is 0 Å². The van der Waals surface area contributed by atoms with Crippen LogP contribution in [0.15, 0.2) is 27.8 Å². The van der Waals surface area contributed by atoms with Crippen LogP contribution < -0.4 is 10.6 Å².